The van der Waals surface area contributed by atoms with Gasteiger partial charge >= 0.3 is 0 Å². The lowest BCUT2D eigenvalue weighted by Crippen LogP contribution is -2.40. The highest BCUT2D eigenvalue weighted by Crippen LogP contribution is 2.07. The maximum absolute atomic E-state index is 5.71. The second-order valence-electron chi connectivity index (χ2n) is 5.34. The number of nitrogens with zero attached hydrogens (tertiary/aromatic N) is 2. The molecule has 2 rings (SSSR count). The number of hydrogen-bond donors (Lipinski definition) is 1. The van der Waals surface area contributed by atoms with Crippen molar-refractivity contribution in [2.45, 2.75) is 25.4 Å². The molecule has 1 atom stereocenters. The van der Waals surface area contributed by atoms with Gasteiger partial charge in [-0.3, -0.25) is 0 Å². The summed E-state index contributed by atoms with van der Waals surface area (Å²) in [7, 11) is 2.23. The first kappa shape index (κ1) is 13.3. The van der Waals surface area contributed by atoms with Crippen LogP contribution >= 0.6 is 0 Å². The van der Waals surface area contributed by atoms with E-state index in [2.05, 4.69) is 22.2 Å². The molecule has 4 heteroatoms. The lowest BCUT2D eigenvalue weighted by atomic mass is 10.2. The van der Waals surface area contributed by atoms with Crippen molar-refractivity contribution in [2.75, 3.05) is 59.5 Å². The summed E-state index contributed by atoms with van der Waals surface area (Å²) in [5, 5.41) is 3.38. The third-order valence-corrected chi connectivity index (χ3v) is 3.83. The number of likely N-dealkylation sites (N-methyl/N-ethyl adjacent to an activating group) is 1. The zero-order chi connectivity index (χ0) is 11.9. The Morgan fingerprint density at radius 2 is 2.12 bits per heavy atom. The highest BCUT2D eigenvalue weighted by atomic mass is 16.5. The Bertz CT molecular complexity index is 201. The van der Waals surface area contributed by atoms with E-state index in [9.17, 15) is 0 Å². The fourth-order valence-corrected chi connectivity index (χ4v) is 2.60. The third kappa shape index (κ3) is 4.92. The molecule has 2 fully saturated rings. The molecule has 0 spiro atoms. The van der Waals surface area contributed by atoms with E-state index in [0.29, 0.717) is 6.10 Å². The number of ether oxygens (including phenoxy) is 1. The van der Waals surface area contributed by atoms with Gasteiger partial charge in [-0.15, -0.1) is 0 Å². The van der Waals surface area contributed by atoms with Crippen molar-refractivity contribution in [3.8, 4) is 0 Å². The summed E-state index contributed by atoms with van der Waals surface area (Å²) in [6.07, 6.45) is 4.37. The molecule has 2 heterocycles. The quantitative estimate of drug-likeness (QED) is 0.728. The second-order valence-corrected chi connectivity index (χ2v) is 5.34. The Hall–Kier alpha value is -0.160. The van der Waals surface area contributed by atoms with Crippen LogP contribution in [0.15, 0.2) is 0 Å². The van der Waals surface area contributed by atoms with Gasteiger partial charge in [0.2, 0.25) is 0 Å². The van der Waals surface area contributed by atoms with E-state index in [1.54, 1.807) is 0 Å². The van der Waals surface area contributed by atoms with Crippen LogP contribution in [-0.2, 0) is 4.74 Å². The van der Waals surface area contributed by atoms with Crippen LogP contribution in [0, 0.1) is 0 Å². The molecule has 0 amide bonds. The van der Waals surface area contributed by atoms with Crippen molar-refractivity contribution in [3.63, 3.8) is 0 Å². The molecule has 0 saturated carbocycles. The van der Waals surface area contributed by atoms with Gasteiger partial charge in [-0.25, -0.2) is 0 Å². The number of hydrogen-bond acceptors (Lipinski definition) is 4. The Morgan fingerprint density at radius 3 is 2.82 bits per heavy atom. The van der Waals surface area contributed by atoms with Gasteiger partial charge in [0.15, 0.2) is 0 Å². The molecule has 1 unspecified atom stereocenters. The number of nitrogens with one attached hydrogen (secondary N) is 1. The minimum absolute atomic E-state index is 0.429. The largest absolute Gasteiger partial charge is 0.376 e. The molecule has 4 nitrogen and oxygen atoms in total. The molecule has 2 saturated heterocycles. The van der Waals surface area contributed by atoms with Crippen molar-refractivity contribution >= 4 is 0 Å². The van der Waals surface area contributed by atoms with Crippen molar-refractivity contribution < 1.29 is 4.74 Å². The maximum Gasteiger partial charge on any atom is 0.0712 e. The summed E-state index contributed by atoms with van der Waals surface area (Å²) in [5.74, 6) is 0. The van der Waals surface area contributed by atoms with E-state index in [1.807, 2.05) is 0 Å². The molecule has 0 aromatic carbocycles. The Morgan fingerprint density at radius 1 is 1.29 bits per heavy atom. The van der Waals surface area contributed by atoms with E-state index in [4.69, 9.17) is 4.74 Å². The normalized spacial score (nSPS) is 26.8. The molecular weight excluding hydrogens is 214 g/mol. The summed E-state index contributed by atoms with van der Waals surface area (Å²) in [4.78, 5) is 5.02. The standard InChI is InChI=1S/C13H27N3O/c1-15(9-10-16-6-2-3-7-16)8-4-13-12-14-5-11-17-13/h13-14H,2-12H2,1H3. The van der Waals surface area contributed by atoms with Crippen LogP contribution in [0.25, 0.3) is 0 Å². The monoisotopic (exact) mass is 241 g/mol. The van der Waals surface area contributed by atoms with Crippen molar-refractivity contribution in [2.24, 2.45) is 0 Å². The van der Waals surface area contributed by atoms with Crippen LogP contribution in [0.5, 0.6) is 0 Å². The van der Waals surface area contributed by atoms with Crippen LogP contribution in [0.4, 0.5) is 0 Å². The second kappa shape index (κ2) is 7.31. The summed E-state index contributed by atoms with van der Waals surface area (Å²) >= 11 is 0. The van der Waals surface area contributed by atoms with Crippen LogP contribution in [0.2, 0.25) is 0 Å². The van der Waals surface area contributed by atoms with Gasteiger partial charge in [0.25, 0.3) is 0 Å². The first-order valence-corrected chi connectivity index (χ1v) is 7.08. The van der Waals surface area contributed by atoms with Crippen molar-refractivity contribution in [3.05, 3.63) is 0 Å². The molecular formula is C13H27N3O. The average molecular weight is 241 g/mol. The topological polar surface area (TPSA) is 27.7 Å². The van der Waals surface area contributed by atoms with Gasteiger partial charge in [0, 0.05) is 32.7 Å². The van der Waals surface area contributed by atoms with E-state index in [-0.39, 0.29) is 0 Å². The molecule has 0 radical (unpaired) electrons. The average Bonchev–Trinajstić information content (AvgIpc) is 2.88. The van der Waals surface area contributed by atoms with Crippen LogP contribution in [0.3, 0.4) is 0 Å². The SMILES string of the molecule is CN(CCC1CNCCO1)CCN1CCCC1. The molecule has 0 bridgehead atoms. The van der Waals surface area contributed by atoms with Gasteiger partial charge in [-0.1, -0.05) is 0 Å². The fourth-order valence-electron chi connectivity index (χ4n) is 2.60. The molecule has 1 N–H and O–H groups in total. The minimum atomic E-state index is 0.429. The summed E-state index contributed by atoms with van der Waals surface area (Å²) < 4.78 is 5.71. The molecule has 0 aromatic rings. The van der Waals surface area contributed by atoms with Gasteiger partial charge in [0.05, 0.1) is 12.7 Å². The fraction of sp³-hybridized carbons (Fsp3) is 1.00. The lowest BCUT2D eigenvalue weighted by Gasteiger charge is -2.26. The predicted octanol–water partition coefficient (Wildman–Crippen LogP) is 0.393. The van der Waals surface area contributed by atoms with Gasteiger partial charge < -0.3 is 19.9 Å². The summed E-state index contributed by atoms with van der Waals surface area (Å²) in [6, 6.07) is 0. The summed E-state index contributed by atoms with van der Waals surface area (Å²) in [5.41, 5.74) is 0. The van der Waals surface area contributed by atoms with E-state index in [0.717, 1.165) is 32.7 Å². The van der Waals surface area contributed by atoms with Crippen molar-refractivity contribution in [1.29, 1.82) is 0 Å². The molecule has 17 heavy (non-hydrogen) atoms. The lowest BCUT2D eigenvalue weighted by molar-refractivity contribution is 0.0184. The number of rotatable bonds is 6. The molecule has 2 aliphatic heterocycles. The molecule has 0 aliphatic carbocycles. The molecule has 100 valence electrons. The van der Waals surface area contributed by atoms with Crippen LogP contribution in [-0.4, -0.2) is 75.4 Å². The molecule has 0 aromatic heterocycles. The first-order valence-electron chi connectivity index (χ1n) is 7.08. The third-order valence-electron chi connectivity index (χ3n) is 3.83. The van der Waals surface area contributed by atoms with Crippen molar-refractivity contribution in [1.82, 2.24) is 15.1 Å². The van der Waals surface area contributed by atoms with Gasteiger partial charge in [-0.2, -0.15) is 0 Å². The van der Waals surface area contributed by atoms with Crippen LogP contribution < -0.4 is 5.32 Å². The van der Waals surface area contributed by atoms with Crippen LogP contribution in [0.1, 0.15) is 19.3 Å². The zero-order valence-corrected chi connectivity index (χ0v) is 11.2. The van der Waals surface area contributed by atoms with E-state index >= 15 is 0 Å². The minimum Gasteiger partial charge on any atom is -0.376 e. The summed E-state index contributed by atoms with van der Waals surface area (Å²) in [6.45, 7) is 9.12. The first-order chi connectivity index (χ1) is 8.34. The number of likely N-dealkylation sites (tertiary alicyclic amines) is 1. The highest BCUT2D eigenvalue weighted by molar-refractivity contribution is 4.70. The predicted molar refractivity (Wildman–Crippen MR) is 70.4 cm³/mol. The van der Waals surface area contributed by atoms with E-state index < -0.39 is 0 Å². The Labute approximate surface area is 105 Å². The highest BCUT2D eigenvalue weighted by Gasteiger charge is 2.15. The Kier molecular flexibility index (Phi) is 5.71. The van der Waals surface area contributed by atoms with Gasteiger partial charge in [0.1, 0.15) is 0 Å². The Balaban J connectivity index is 1.52. The number of morpholine rings is 1. The van der Waals surface area contributed by atoms with E-state index in [1.165, 1.54) is 39.0 Å². The zero-order valence-electron chi connectivity index (χ0n) is 11.2. The molecule has 2 aliphatic rings. The van der Waals surface area contributed by atoms with Gasteiger partial charge in [-0.05, 0) is 39.4 Å². The smallest absolute Gasteiger partial charge is 0.0712 e. The maximum atomic E-state index is 5.71.